The minimum absolute atomic E-state index is 0.0894. The van der Waals surface area contributed by atoms with Crippen molar-refractivity contribution in [1.29, 1.82) is 0 Å². The number of hydrogen-bond acceptors (Lipinski definition) is 6. The molecule has 2 aliphatic carbocycles. The molecule has 5 atom stereocenters. The number of imide groups is 1. The van der Waals surface area contributed by atoms with Crippen molar-refractivity contribution in [2.24, 2.45) is 23.7 Å². The van der Waals surface area contributed by atoms with Gasteiger partial charge in [0.15, 0.2) is 5.13 Å². The Bertz CT molecular complexity index is 1390. The minimum atomic E-state index is -0.789. The number of carbonyl (C=O) groups is 3. The molecule has 6 rings (SSSR count). The molecule has 7 nitrogen and oxygen atoms in total. The van der Waals surface area contributed by atoms with Gasteiger partial charge in [-0.2, -0.15) is 0 Å². The van der Waals surface area contributed by atoms with Crippen LogP contribution < -0.4 is 10.1 Å². The van der Waals surface area contributed by atoms with Gasteiger partial charge >= 0.3 is 0 Å². The number of aromatic nitrogens is 1. The van der Waals surface area contributed by atoms with Gasteiger partial charge in [0.25, 0.3) is 0 Å². The number of allylic oxidation sites excluding steroid dienone is 2. The molecule has 0 radical (unpaired) electrons. The van der Waals surface area contributed by atoms with Gasteiger partial charge in [-0.15, -0.1) is 0 Å². The number of nitrogens with zero attached hydrogens (tertiary/aromatic N) is 2. The minimum Gasteiger partial charge on any atom is -0.494 e. The lowest BCUT2D eigenvalue weighted by molar-refractivity contribution is -0.144. The molecule has 3 amide bonds. The van der Waals surface area contributed by atoms with Gasteiger partial charge in [0, 0.05) is 5.02 Å². The Balaban J connectivity index is 1.27. The molecular weight excluding hydrogens is 498 g/mol. The first-order valence-electron chi connectivity index (χ1n) is 12.1. The normalized spacial score (nSPS) is 25.0. The summed E-state index contributed by atoms with van der Waals surface area (Å²) in [4.78, 5) is 46.1. The topological polar surface area (TPSA) is 88.6 Å². The highest BCUT2D eigenvalue weighted by atomic mass is 35.5. The van der Waals surface area contributed by atoms with Gasteiger partial charge in [-0.05, 0) is 55.0 Å². The highest BCUT2D eigenvalue weighted by Gasteiger charge is 2.60. The number of rotatable bonds is 7. The van der Waals surface area contributed by atoms with E-state index in [1.807, 2.05) is 25.1 Å². The summed E-state index contributed by atoms with van der Waals surface area (Å²) in [5.41, 5.74) is 1.34. The van der Waals surface area contributed by atoms with Crippen LogP contribution in [-0.4, -0.2) is 34.2 Å². The van der Waals surface area contributed by atoms with Crippen LogP contribution in [0.3, 0.4) is 0 Å². The number of amides is 3. The van der Waals surface area contributed by atoms with Crippen LogP contribution in [0, 0.1) is 23.7 Å². The molecule has 36 heavy (non-hydrogen) atoms. The van der Waals surface area contributed by atoms with Crippen molar-refractivity contribution in [2.75, 3.05) is 11.9 Å². The van der Waals surface area contributed by atoms with Crippen LogP contribution in [0.2, 0.25) is 5.02 Å². The van der Waals surface area contributed by atoms with Crippen molar-refractivity contribution in [3.63, 3.8) is 0 Å². The van der Waals surface area contributed by atoms with Gasteiger partial charge in [0.1, 0.15) is 5.75 Å². The van der Waals surface area contributed by atoms with Crippen LogP contribution in [-0.2, 0) is 14.4 Å². The molecule has 1 aliphatic heterocycles. The van der Waals surface area contributed by atoms with Crippen LogP contribution in [0.1, 0.15) is 31.4 Å². The van der Waals surface area contributed by atoms with Crippen molar-refractivity contribution < 1.29 is 19.1 Å². The van der Waals surface area contributed by atoms with E-state index in [1.54, 1.807) is 24.3 Å². The maximum Gasteiger partial charge on any atom is 0.234 e. The predicted octanol–water partition coefficient (Wildman–Crippen LogP) is 5.23. The summed E-state index contributed by atoms with van der Waals surface area (Å²) in [7, 11) is 0. The van der Waals surface area contributed by atoms with E-state index >= 15 is 0 Å². The summed E-state index contributed by atoms with van der Waals surface area (Å²) in [6, 6.07) is 11.9. The summed E-state index contributed by atoms with van der Waals surface area (Å²) in [5.74, 6) is -0.522. The van der Waals surface area contributed by atoms with E-state index in [-0.39, 0.29) is 47.8 Å². The van der Waals surface area contributed by atoms with Gasteiger partial charge in [-0.25, -0.2) is 4.98 Å². The summed E-state index contributed by atoms with van der Waals surface area (Å²) >= 11 is 7.85. The number of anilines is 1. The summed E-state index contributed by atoms with van der Waals surface area (Å²) in [6.07, 6.45) is 4.85. The molecule has 184 valence electrons. The molecule has 3 aliphatic rings. The third-order valence-corrected chi connectivity index (χ3v) is 8.65. The number of thiazole rings is 1. The number of ether oxygens (including phenoxy) is 1. The van der Waals surface area contributed by atoms with E-state index in [1.165, 1.54) is 16.2 Å². The molecule has 1 N–H and O–H groups in total. The maximum absolute atomic E-state index is 13.5. The van der Waals surface area contributed by atoms with E-state index < -0.39 is 6.04 Å². The van der Waals surface area contributed by atoms with Crippen molar-refractivity contribution in [2.45, 2.75) is 25.8 Å². The van der Waals surface area contributed by atoms with Gasteiger partial charge in [-0.3, -0.25) is 19.3 Å². The fourth-order valence-corrected chi connectivity index (χ4v) is 7.05. The second-order valence-corrected chi connectivity index (χ2v) is 10.9. The Kier molecular flexibility index (Phi) is 5.80. The first-order chi connectivity index (χ1) is 17.4. The van der Waals surface area contributed by atoms with Crippen molar-refractivity contribution >= 4 is 56.0 Å². The van der Waals surface area contributed by atoms with Gasteiger partial charge in [0.05, 0.1) is 41.1 Å². The van der Waals surface area contributed by atoms with E-state index in [4.69, 9.17) is 16.3 Å². The molecular formula is C27H24ClN3O4S. The maximum atomic E-state index is 13.5. The number of halogens is 1. The third kappa shape index (κ3) is 3.79. The standard InChI is InChI=1S/C27H24ClN3O4S/c1-2-35-16-9-10-19-21(12-16)36-27(29-19)30-22(32)13-20(17-5-3-4-6-18(17)28)31-25(33)23-14-7-8-15(11-14)24(23)26(31)34/h3-10,12,14-15,20,23-24H,2,11,13H2,1H3,(H,29,30,32). The summed E-state index contributed by atoms with van der Waals surface area (Å²) in [5, 5.41) is 3.72. The molecule has 3 aromatic rings. The van der Waals surface area contributed by atoms with Crippen molar-refractivity contribution in [1.82, 2.24) is 9.88 Å². The van der Waals surface area contributed by atoms with E-state index in [0.29, 0.717) is 22.3 Å². The Hall–Kier alpha value is -3.23. The number of fused-ring (bicyclic) bond motifs is 6. The Morgan fingerprint density at radius 3 is 2.58 bits per heavy atom. The van der Waals surface area contributed by atoms with Gasteiger partial charge < -0.3 is 10.1 Å². The predicted molar refractivity (Wildman–Crippen MR) is 138 cm³/mol. The molecule has 2 heterocycles. The molecule has 5 unspecified atom stereocenters. The zero-order valence-electron chi connectivity index (χ0n) is 19.5. The number of nitrogens with one attached hydrogen (secondary N) is 1. The van der Waals surface area contributed by atoms with Crippen molar-refractivity contribution in [3.05, 3.63) is 65.2 Å². The molecule has 2 aromatic carbocycles. The Morgan fingerprint density at radius 1 is 1.17 bits per heavy atom. The van der Waals surface area contributed by atoms with Crippen molar-refractivity contribution in [3.8, 4) is 5.75 Å². The number of benzene rings is 2. The summed E-state index contributed by atoms with van der Waals surface area (Å²) < 4.78 is 6.44. The number of likely N-dealkylation sites (tertiary alicyclic amines) is 1. The lowest BCUT2D eigenvalue weighted by Crippen LogP contribution is -2.38. The molecule has 1 aromatic heterocycles. The second-order valence-electron chi connectivity index (χ2n) is 9.42. The quantitative estimate of drug-likeness (QED) is 0.340. The molecule has 9 heteroatoms. The molecule has 2 fully saturated rings. The van der Waals surface area contributed by atoms with E-state index in [0.717, 1.165) is 22.4 Å². The monoisotopic (exact) mass is 521 g/mol. The first-order valence-corrected chi connectivity index (χ1v) is 13.3. The molecule has 1 saturated carbocycles. The fourth-order valence-electron chi connectivity index (χ4n) is 5.88. The first kappa shape index (κ1) is 23.2. The Morgan fingerprint density at radius 2 is 1.89 bits per heavy atom. The third-order valence-electron chi connectivity index (χ3n) is 7.38. The smallest absolute Gasteiger partial charge is 0.234 e. The average Bonchev–Trinajstić information content (AvgIpc) is 3.61. The Labute approximate surface area is 217 Å². The van der Waals surface area contributed by atoms with Crippen LogP contribution in [0.25, 0.3) is 10.2 Å². The second kappa shape index (κ2) is 9.01. The number of hydrogen-bond donors (Lipinski definition) is 1. The van der Waals surface area contributed by atoms with Crippen LogP contribution in [0.5, 0.6) is 5.75 Å². The average molecular weight is 522 g/mol. The SMILES string of the molecule is CCOc1ccc2nc(NC(=O)CC(c3ccccc3Cl)N3C(=O)C4C5C=CC(C5)C4C3=O)sc2c1. The summed E-state index contributed by atoms with van der Waals surface area (Å²) in [6.45, 7) is 2.48. The fraction of sp³-hybridized carbons (Fsp3) is 0.333. The highest BCUT2D eigenvalue weighted by Crippen LogP contribution is 2.54. The lowest BCUT2D eigenvalue weighted by atomic mass is 9.85. The molecule has 0 spiro atoms. The van der Waals surface area contributed by atoms with Gasteiger partial charge in [0.2, 0.25) is 17.7 Å². The van der Waals surface area contributed by atoms with Gasteiger partial charge in [-0.1, -0.05) is 53.3 Å². The van der Waals surface area contributed by atoms with Crippen LogP contribution >= 0.6 is 22.9 Å². The largest absolute Gasteiger partial charge is 0.494 e. The van der Waals surface area contributed by atoms with E-state index in [2.05, 4.69) is 22.5 Å². The molecule has 1 saturated heterocycles. The zero-order chi connectivity index (χ0) is 25.0. The lowest BCUT2D eigenvalue weighted by Gasteiger charge is -2.28. The van der Waals surface area contributed by atoms with Crippen LogP contribution in [0.15, 0.2) is 54.6 Å². The number of carbonyl (C=O) groups excluding carboxylic acids is 3. The van der Waals surface area contributed by atoms with Crippen LogP contribution in [0.4, 0.5) is 5.13 Å². The molecule has 2 bridgehead atoms. The van der Waals surface area contributed by atoms with E-state index in [9.17, 15) is 14.4 Å². The highest BCUT2D eigenvalue weighted by molar-refractivity contribution is 7.22. The zero-order valence-corrected chi connectivity index (χ0v) is 21.1.